The summed E-state index contributed by atoms with van der Waals surface area (Å²) >= 11 is 0. The molecule has 0 aliphatic heterocycles. The minimum Gasteiger partial charge on any atom is -0.478 e. The molecule has 0 fully saturated rings. The lowest BCUT2D eigenvalue weighted by atomic mass is 10.0. The van der Waals surface area contributed by atoms with Gasteiger partial charge >= 0.3 is 23.9 Å². The van der Waals surface area contributed by atoms with E-state index in [2.05, 4.69) is 180 Å². The molecule has 582 valence electrons. The summed E-state index contributed by atoms with van der Waals surface area (Å²) < 4.78 is 0. The van der Waals surface area contributed by atoms with Crippen LogP contribution in [0, 0.1) is 0 Å². The van der Waals surface area contributed by atoms with Gasteiger partial charge in [0.1, 0.15) is 6.29 Å². The molecule has 9 N–H and O–H groups in total. The molecule has 16 aromatic rings. The fourth-order valence-corrected chi connectivity index (χ4v) is 13.1. The fraction of sp³-hybridized carbons (Fsp3) is 0.115. The van der Waals surface area contributed by atoms with Gasteiger partial charge in [0.05, 0.1) is 45.0 Å². The number of nitrogens with two attached hydrogens (primary N) is 1. The van der Waals surface area contributed by atoms with Crippen LogP contribution in [-0.2, 0) is 19.6 Å². The van der Waals surface area contributed by atoms with Gasteiger partial charge in [-0.15, -0.1) is 0 Å². The van der Waals surface area contributed by atoms with Gasteiger partial charge in [-0.25, -0.2) is 19.2 Å². The largest absolute Gasteiger partial charge is 0.478 e. The van der Waals surface area contributed by atoms with Crippen LogP contribution in [0.3, 0.4) is 0 Å². The highest BCUT2D eigenvalue weighted by atomic mass is 16.4. The van der Waals surface area contributed by atoms with Gasteiger partial charge < -0.3 is 42.1 Å². The predicted octanol–water partition coefficient (Wildman–Crippen LogP) is 19.1. The van der Waals surface area contributed by atoms with Gasteiger partial charge in [-0.1, -0.05) is 170 Å². The lowest BCUT2D eigenvalue weighted by Crippen LogP contribution is -2.18. The molecule has 117 heavy (non-hydrogen) atoms. The standard InChI is InChI=1S/3C24H21N3O2.C13H9NO3.C11H12N2/c3*1-16(21-4-2-3-18-11-12-25-15-22(18)21)26-13-17-5-7-19(8-6-17)23-10-9-20(14-27-23)24(28)29;15-8-9-1-3-10(4-2-9)12-6-5-11(7-14-12)13(16)17;1-8(12)10-4-2-3-9-5-6-13-7-11(9)10/h3*2-12,14-16,26H,13H2,1H3,(H,28,29);1-8H,(H,16,17);2-8H,12H2,1H3/t2*16-;;;/m10.../s1. The molecule has 0 aliphatic carbocycles. The minimum absolute atomic E-state index is 0.0629. The number of hydrogen-bond donors (Lipinski definition) is 8. The van der Waals surface area contributed by atoms with Crippen molar-refractivity contribution in [2.45, 2.75) is 71.5 Å². The maximum absolute atomic E-state index is 10.9. The van der Waals surface area contributed by atoms with Crippen molar-refractivity contribution in [2.75, 3.05) is 0 Å². The number of nitrogens with one attached hydrogen (secondary N) is 3. The minimum atomic E-state index is -1.000. The van der Waals surface area contributed by atoms with E-state index in [1.54, 1.807) is 72.9 Å². The van der Waals surface area contributed by atoms with Crippen LogP contribution in [0.25, 0.3) is 88.1 Å². The molecular formula is C96H84N12O9. The van der Waals surface area contributed by atoms with E-state index in [0.717, 1.165) is 76.2 Å². The number of hydrogen-bond acceptors (Lipinski definition) is 17. The van der Waals surface area contributed by atoms with Gasteiger partial charge in [0.15, 0.2) is 0 Å². The van der Waals surface area contributed by atoms with Crippen molar-refractivity contribution in [1.29, 1.82) is 0 Å². The zero-order valence-electron chi connectivity index (χ0n) is 64.5. The average molecular weight is 1550 g/mol. The van der Waals surface area contributed by atoms with E-state index in [4.69, 9.17) is 26.2 Å². The Morgan fingerprint density at radius 2 is 0.564 bits per heavy atom. The first-order chi connectivity index (χ1) is 56.8. The molecular weight excluding hydrogens is 1470 g/mol. The number of fused-ring (bicyclic) bond motifs is 4. The van der Waals surface area contributed by atoms with Crippen molar-refractivity contribution >= 4 is 73.3 Å². The number of carbonyl (C=O) groups excluding carboxylic acids is 1. The van der Waals surface area contributed by atoms with Crippen LogP contribution >= 0.6 is 0 Å². The van der Waals surface area contributed by atoms with Crippen LogP contribution < -0.4 is 21.7 Å². The Kier molecular flexibility index (Phi) is 27.8. The summed E-state index contributed by atoms with van der Waals surface area (Å²) in [5.74, 6) is -3.91. The number of carbonyl (C=O) groups is 5. The monoisotopic (exact) mass is 1550 g/mol. The number of aldehydes is 1. The maximum Gasteiger partial charge on any atom is 0.337 e. The highest BCUT2D eigenvalue weighted by Crippen LogP contribution is 2.30. The maximum atomic E-state index is 10.9. The first-order valence-electron chi connectivity index (χ1n) is 37.7. The van der Waals surface area contributed by atoms with Crippen molar-refractivity contribution < 1.29 is 44.4 Å². The third kappa shape index (κ3) is 21.8. The van der Waals surface area contributed by atoms with Crippen molar-refractivity contribution in [3.05, 3.63) is 384 Å². The normalized spacial score (nSPS) is 11.8. The second kappa shape index (κ2) is 39.7. The quantitative estimate of drug-likeness (QED) is 0.0292. The Morgan fingerprint density at radius 3 is 0.795 bits per heavy atom. The number of carboxylic acids is 4. The number of nitrogens with zero attached hydrogens (tertiary/aromatic N) is 8. The Labute approximate surface area is 675 Å². The topological polar surface area (TPSA) is 331 Å². The van der Waals surface area contributed by atoms with Crippen molar-refractivity contribution in [2.24, 2.45) is 5.73 Å². The summed E-state index contributed by atoms with van der Waals surface area (Å²) in [6, 6.07) is 78.2. The lowest BCUT2D eigenvalue weighted by Gasteiger charge is -2.16. The van der Waals surface area contributed by atoms with Crippen molar-refractivity contribution in [1.82, 2.24) is 55.8 Å². The molecule has 8 aromatic heterocycles. The number of carboxylic acid groups (broad SMARTS) is 4. The molecule has 0 bridgehead atoms. The molecule has 0 amide bonds. The second-order valence-corrected chi connectivity index (χ2v) is 27.7. The number of pyridine rings is 8. The summed E-state index contributed by atoms with van der Waals surface area (Å²) in [5.41, 5.74) is 22.2. The molecule has 0 spiro atoms. The highest BCUT2D eigenvalue weighted by molar-refractivity contribution is 5.91. The van der Waals surface area contributed by atoms with E-state index in [0.29, 0.717) is 11.3 Å². The van der Waals surface area contributed by atoms with Gasteiger partial charge in [0.2, 0.25) is 0 Å². The van der Waals surface area contributed by atoms with Gasteiger partial charge in [-0.05, 0) is 161 Å². The zero-order chi connectivity index (χ0) is 82.2. The van der Waals surface area contributed by atoms with Gasteiger partial charge in [-0.3, -0.25) is 44.7 Å². The summed E-state index contributed by atoms with van der Waals surface area (Å²) in [4.78, 5) is 87.6. The fourth-order valence-electron chi connectivity index (χ4n) is 13.1. The number of aromatic nitrogens is 8. The van der Waals surface area contributed by atoms with Gasteiger partial charge in [0, 0.05) is 168 Å². The Bertz CT molecular complexity index is 5600. The van der Waals surface area contributed by atoms with Crippen LogP contribution in [0.2, 0.25) is 0 Å². The molecule has 16 rings (SSSR count). The van der Waals surface area contributed by atoms with Crippen LogP contribution in [0.15, 0.2) is 317 Å². The van der Waals surface area contributed by atoms with Gasteiger partial charge in [0.25, 0.3) is 0 Å². The molecule has 8 heterocycles. The SMILES string of the molecule is CC(N)c1cccc2ccncc12.CC(NCc1ccc(-c2ccc(C(=O)O)cn2)cc1)c1cccc2ccncc12.C[C@@H](NCc1ccc(-c2ccc(C(=O)O)cn2)cc1)c1cccc2ccncc12.C[C@H](NCc1ccc(-c2ccc(C(=O)O)cn2)cc1)c1cccc2ccncc12.O=Cc1ccc(-c2ccc(C(=O)O)cn2)cc1. The van der Waals surface area contributed by atoms with Crippen molar-refractivity contribution in [3.8, 4) is 45.0 Å². The first-order valence-corrected chi connectivity index (χ1v) is 37.7. The molecule has 4 atom stereocenters. The number of rotatable bonds is 22. The Morgan fingerprint density at radius 1 is 0.316 bits per heavy atom. The molecule has 21 heteroatoms. The molecule has 8 aromatic carbocycles. The summed E-state index contributed by atoms with van der Waals surface area (Å²) in [7, 11) is 0. The predicted molar refractivity (Wildman–Crippen MR) is 457 cm³/mol. The Balaban J connectivity index is 0.000000138. The van der Waals surface area contributed by atoms with Gasteiger partial charge in [-0.2, -0.15) is 0 Å². The first kappa shape index (κ1) is 81.9. The average Bonchev–Trinajstić information content (AvgIpc) is 0.836. The molecule has 2 unspecified atom stereocenters. The smallest absolute Gasteiger partial charge is 0.337 e. The molecule has 0 aliphatic rings. The summed E-state index contributed by atoms with van der Waals surface area (Å²) in [6.45, 7) is 10.7. The third-order valence-corrected chi connectivity index (χ3v) is 19.7. The summed E-state index contributed by atoms with van der Waals surface area (Å²) in [5, 5.41) is 55.8. The van der Waals surface area contributed by atoms with Crippen LogP contribution in [0.4, 0.5) is 0 Å². The van der Waals surface area contributed by atoms with Crippen LogP contribution in [0.1, 0.15) is 143 Å². The van der Waals surface area contributed by atoms with Crippen LogP contribution in [-0.4, -0.2) is 90.5 Å². The highest BCUT2D eigenvalue weighted by Gasteiger charge is 2.16. The van der Waals surface area contributed by atoms with E-state index in [1.807, 2.05) is 117 Å². The lowest BCUT2D eigenvalue weighted by molar-refractivity contribution is 0.0685. The third-order valence-electron chi connectivity index (χ3n) is 19.7. The Hall–Kier alpha value is -14.6. The van der Waals surface area contributed by atoms with E-state index >= 15 is 0 Å². The zero-order valence-corrected chi connectivity index (χ0v) is 64.5. The molecule has 0 radical (unpaired) electrons. The van der Waals surface area contributed by atoms with Crippen LogP contribution in [0.5, 0.6) is 0 Å². The number of aromatic carboxylic acids is 4. The molecule has 21 nitrogen and oxygen atoms in total. The van der Waals surface area contributed by atoms with E-state index in [1.165, 1.54) is 102 Å². The second-order valence-electron chi connectivity index (χ2n) is 27.7. The summed E-state index contributed by atoms with van der Waals surface area (Å²) in [6.07, 6.45) is 21.1. The molecule has 0 saturated heterocycles. The van der Waals surface area contributed by atoms with E-state index in [-0.39, 0.29) is 46.4 Å². The van der Waals surface area contributed by atoms with Crippen molar-refractivity contribution in [3.63, 3.8) is 0 Å². The molecule has 0 saturated carbocycles. The van der Waals surface area contributed by atoms with E-state index < -0.39 is 23.9 Å². The number of benzene rings is 8. The van der Waals surface area contributed by atoms with E-state index in [9.17, 15) is 24.0 Å².